The molecule has 0 bridgehead atoms. The lowest BCUT2D eigenvalue weighted by Gasteiger charge is -2.11. The molecule has 0 saturated heterocycles. The molecule has 0 saturated carbocycles. The van der Waals surface area contributed by atoms with E-state index < -0.39 is 0 Å². The molecule has 0 fully saturated rings. The van der Waals surface area contributed by atoms with Crippen molar-refractivity contribution in [2.45, 2.75) is 20.3 Å². The topological polar surface area (TPSA) is 47.2 Å². The highest BCUT2D eigenvalue weighted by Gasteiger charge is 2.18. The van der Waals surface area contributed by atoms with Crippen molar-refractivity contribution in [3.05, 3.63) is 82.8 Å². The minimum atomic E-state index is -0.106. The number of carbonyl (C=O) groups excluding carboxylic acids is 1. The average Bonchev–Trinajstić information content (AvgIpc) is 2.70. The molecule has 0 aliphatic carbocycles. The third-order valence-corrected chi connectivity index (χ3v) is 4.31. The molecule has 0 spiro atoms. The van der Waals surface area contributed by atoms with Gasteiger partial charge in [0.25, 0.3) is 0 Å². The maximum absolute atomic E-state index is 13.1. The number of aromatic nitrogens is 2. The van der Waals surface area contributed by atoms with Crippen LogP contribution < -0.4 is 0 Å². The van der Waals surface area contributed by atoms with Gasteiger partial charge in [-0.2, -0.15) is 5.10 Å². The van der Waals surface area contributed by atoms with Crippen molar-refractivity contribution in [3.63, 3.8) is 0 Å². The molecule has 2 aromatic carbocycles. The highest BCUT2D eigenvalue weighted by molar-refractivity contribution is 7.71. The largest absolute Gasteiger partial charge is 0.288 e. The molecule has 1 heterocycles. The lowest BCUT2D eigenvalue weighted by atomic mass is 9.99. The SMILES string of the molecule is CC/C(C)=N/n1cc(C(=O)c2ccccc2)c(-c2ccccc2)nc1=S. The van der Waals surface area contributed by atoms with E-state index in [0.29, 0.717) is 21.6 Å². The molecular formula is C21H19N3OS. The Morgan fingerprint density at radius 1 is 1.08 bits per heavy atom. The van der Waals surface area contributed by atoms with Gasteiger partial charge in [0, 0.05) is 23.0 Å². The minimum absolute atomic E-state index is 0.106. The zero-order chi connectivity index (χ0) is 18.5. The van der Waals surface area contributed by atoms with E-state index in [1.54, 1.807) is 18.3 Å². The molecular weight excluding hydrogens is 342 g/mol. The van der Waals surface area contributed by atoms with Crippen molar-refractivity contribution < 1.29 is 4.79 Å². The monoisotopic (exact) mass is 361 g/mol. The molecule has 0 amide bonds. The van der Waals surface area contributed by atoms with Crippen LogP contribution in [0.25, 0.3) is 11.3 Å². The molecule has 5 heteroatoms. The number of benzene rings is 2. The van der Waals surface area contributed by atoms with Crippen LogP contribution in [0.15, 0.2) is 72.0 Å². The lowest BCUT2D eigenvalue weighted by molar-refractivity contribution is 0.103. The van der Waals surface area contributed by atoms with Crippen molar-refractivity contribution in [2.24, 2.45) is 5.10 Å². The first kappa shape index (κ1) is 17.9. The Balaban J connectivity index is 2.23. The van der Waals surface area contributed by atoms with Crippen LogP contribution in [-0.4, -0.2) is 21.2 Å². The van der Waals surface area contributed by atoms with E-state index in [-0.39, 0.29) is 5.78 Å². The average molecular weight is 361 g/mol. The summed E-state index contributed by atoms with van der Waals surface area (Å²) in [5.74, 6) is -0.106. The molecule has 130 valence electrons. The van der Waals surface area contributed by atoms with Crippen LogP contribution in [0.2, 0.25) is 0 Å². The van der Waals surface area contributed by atoms with E-state index in [9.17, 15) is 4.79 Å². The Morgan fingerprint density at radius 3 is 2.31 bits per heavy atom. The molecule has 0 atom stereocenters. The molecule has 1 aromatic heterocycles. The molecule has 26 heavy (non-hydrogen) atoms. The van der Waals surface area contributed by atoms with Gasteiger partial charge in [-0.15, -0.1) is 0 Å². The molecule has 0 unspecified atom stereocenters. The maximum Gasteiger partial charge on any atom is 0.220 e. The van der Waals surface area contributed by atoms with Crippen LogP contribution in [0, 0.1) is 4.77 Å². The third-order valence-electron chi connectivity index (χ3n) is 4.03. The molecule has 3 aromatic rings. The first-order valence-corrected chi connectivity index (χ1v) is 8.84. The van der Waals surface area contributed by atoms with Crippen molar-refractivity contribution in [2.75, 3.05) is 0 Å². The van der Waals surface area contributed by atoms with Crippen LogP contribution in [0.3, 0.4) is 0 Å². The van der Waals surface area contributed by atoms with Gasteiger partial charge < -0.3 is 0 Å². The van der Waals surface area contributed by atoms with E-state index in [1.807, 2.05) is 62.4 Å². The van der Waals surface area contributed by atoms with E-state index in [0.717, 1.165) is 17.7 Å². The Labute approximate surface area is 157 Å². The van der Waals surface area contributed by atoms with Gasteiger partial charge in [-0.1, -0.05) is 67.6 Å². The number of hydrogen-bond donors (Lipinski definition) is 0. The number of rotatable bonds is 5. The second kappa shape index (κ2) is 7.97. The number of nitrogens with zero attached hydrogens (tertiary/aromatic N) is 3. The van der Waals surface area contributed by atoms with E-state index >= 15 is 0 Å². The fourth-order valence-corrected chi connectivity index (χ4v) is 2.68. The quantitative estimate of drug-likeness (QED) is 0.359. The first-order chi connectivity index (χ1) is 12.6. The summed E-state index contributed by atoms with van der Waals surface area (Å²) in [6, 6.07) is 18.8. The van der Waals surface area contributed by atoms with Crippen LogP contribution in [-0.2, 0) is 0 Å². The van der Waals surface area contributed by atoms with Crippen LogP contribution in [0.4, 0.5) is 0 Å². The second-order valence-electron chi connectivity index (χ2n) is 5.88. The van der Waals surface area contributed by atoms with E-state index in [1.165, 1.54) is 4.68 Å². The lowest BCUT2D eigenvalue weighted by Crippen LogP contribution is -2.10. The van der Waals surface area contributed by atoms with Crippen LogP contribution >= 0.6 is 12.2 Å². The van der Waals surface area contributed by atoms with Gasteiger partial charge in [-0.05, 0) is 25.6 Å². The maximum atomic E-state index is 13.1. The summed E-state index contributed by atoms with van der Waals surface area (Å²) < 4.78 is 1.83. The summed E-state index contributed by atoms with van der Waals surface area (Å²) in [6.45, 7) is 3.94. The highest BCUT2D eigenvalue weighted by Crippen LogP contribution is 2.24. The molecule has 0 N–H and O–H groups in total. The fraction of sp³-hybridized carbons (Fsp3) is 0.143. The van der Waals surface area contributed by atoms with Crippen molar-refractivity contribution in [1.29, 1.82) is 0 Å². The summed E-state index contributed by atoms with van der Waals surface area (Å²) in [6.07, 6.45) is 2.48. The number of carbonyl (C=O) groups is 1. The Bertz CT molecular complexity index is 1010. The fourth-order valence-electron chi connectivity index (χ4n) is 2.50. The molecule has 4 nitrogen and oxygen atoms in total. The number of hydrogen-bond acceptors (Lipinski definition) is 4. The number of ketones is 1. The Hall–Kier alpha value is -2.92. The van der Waals surface area contributed by atoms with Crippen LogP contribution in [0.5, 0.6) is 0 Å². The second-order valence-corrected chi connectivity index (χ2v) is 6.25. The van der Waals surface area contributed by atoms with Crippen molar-refractivity contribution in [3.8, 4) is 11.3 Å². The summed E-state index contributed by atoms with van der Waals surface area (Å²) in [5, 5.41) is 4.46. The molecule has 3 rings (SSSR count). The third kappa shape index (κ3) is 3.83. The first-order valence-electron chi connectivity index (χ1n) is 8.43. The van der Waals surface area contributed by atoms with Crippen molar-refractivity contribution >= 4 is 23.7 Å². The zero-order valence-electron chi connectivity index (χ0n) is 14.7. The minimum Gasteiger partial charge on any atom is -0.288 e. The summed E-state index contributed by atoms with van der Waals surface area (Å²) in [7, 11) is 0. The van der Waals surface area contributed by atoms with Gasteiger partial charge >= 0.3 is 0 Å². The molecule has 0 radical (unpaired) electrons. The standard InChI is InChI=1S/C21H19N3OS/c1-3-15(2)23-24-14-18(20(25)17-12-8-5-9-13-17)19(22-21(24)26)16-10-6-4-7-11-16/h4-14H,3H2,1-2H3/b23-15+. The van der Waals surface area contributed by atoms with Gasteiger partial charge in [0.2, 0.25) is 4.77 Å². The van der Waals surface area contributed by atoms with Gasteiger partial charge in [0.15, 0.2) is 5.78 Å². The zero-order valence-corrected chi connectivity index (χ0v) is 15.5. The van der Waals surface area contributed by atoms with Gasteiger partial charge in [0.05, 0.1) is 11.3 Å². The summed E-state index contributed by atoms with van der Waals surface area (Å²) >= 11 is 5.40. The summed E-state index contributed by atoms with van der Waals surface area (Å²) in [4.78, 5) is 17.7. The van der Waals surface area contributed by atoms with Gasteiger partial charge in [-0.25, -0.2) is 9.66 Å². The summed E-state index contributed by atoms with van der Waals surface area (Å²) in [5.41, 5.74) is 3.41. The van der Waals surface area contributed by atoms with Gasteiger partial charge in [-0.3, -0.25) is 4.79 Å². The smallest absolute Gasteiger partial charge is 0.220 e. The predicted molar refractivity (Wildman–Crippen MR) is 107 cm³/mol. The Kier molecular flexibility index (Phi) is 5.49. The van der Waals surface area contributed by atoms with Crippen LogP contribution in [0.1, 0.15) is 36.2 Å². The predicted octanol–water partition coefficient (Wildman–Crippen LogP) is 5.14. The van der Waals surface area contributed by atoms with E-state index in [2.05, 4.69) is 10.1 Å². The molecule has 0 aliphatic heterocycles. The normalized spacial score (nSPS) is 11.4. The highest BCUT2D eigenvalue weighted by atomic mass is 32.1. The van der Waals surface area contributed by atoms with Crippen molar-refractivity contribution in [1.82, 2.24) is 9.66 Å². The Morgan fingerprint density at radius 2 is 1.69 bits per heavy atom. The van der Waals surface area contributed by atoms with Gasteiger partial charge in [0.1, 0.15) is 0 Å². The van der Waals surface area contributed by atoms with E-state index in [4.69, 9.17) is 12.2 Å². The molecule has 0 aliphatic rings.